The summed E-state index contributed by atoms with van der Waals surface area (Å²) >= 11 is 0. The predicted molar refractivity (Wildman–Crippen MR) is 68.2 cm³/mol. The molecular weight excluding hydrogens is 244 g/mol. The zero-order valence-electron chi connectivity index (χ0n) is 9.85. The summed E-state index contributed by atoms with van der Waals surface area (Å²) in [4.78, 5) is 11.3. The highest BCUT2D eigenvalue weighted by Crippen LogP contribution is 2.26. The summed E-state index contributed by atoms with van der Waals surface area (Å²) in [5.74, 6) is -0.563. The molecule has 0 aliphatic heterocycles. The SMILES string of the molecule is O=C(O)c1cnn(-c2ccccc2)c1-c1ccco1. The Balaban J connectivity index is 2.24. The third-order valence-electron chi connectivity index (χ3n) is 2.75. The summed E-state index contributed by atoms with van der Waals surface area (Å²) < 4.78 is 6.86. The van der Waals surface area contributed by atoms with Gasteiger partial charge in [0.2, 0.25) is 0 Å². The molecule has 3 aromatic rings. The average molecular weight is 254 g/mol. The minimum atomic E-state index is -1.03. The summed E-state index contributed by atoms with van der Waals surface area (Å²) in [5, 5.41) is 13.4. The van der Waals surface area contributed by atoms with Crippen LogP contribution in [0.15, 0.2) is 59.3 Å². The molecule has 1 N–H and O–H groups in total. The third-order valence-corrected chi connectivity index (χ3v) is 2.75. The molecule has 0 aliphatic rings. The highest BCUT2D eigenvalue weighted by molar-refractivity contribution is 5.94. The Morgan fingerprint density at radius 1 is 1.16 bits per heavy atom. The number of carbonyl (C=O) groups is 1. The van der Waals surface area contributed by atoms with E-state index in [2.05, 4.69) is 5.10 Å². The van der Waals surface area contributed by atoms with Crippen LogP contribution in [0, 0.1) is 0 Å². The average Bonchev–Trinajstić information content (AvgIpc) is 3.08. The van der Waals surface area contributed by atoms with Gasteiger partial charge in [-0.3, -0.25) is 0 Å². The molecule has 0 spiro atoms. The van der Waals surface area contributed by atoms with Crippen molar-refractivity contribution in [3.05, 3.63) is 60.5 Å². The van der Waals surface area contributed by atoms with Crippen molar-refractivity contribution < 1.29 is 14.3 Å². The molecule has 94 valence electrons. The van der Waals surface area contributed by atoms with Gasteiger partial charge in [-0.2, -0.15) is 5.10 Å². The highest BCUT2D eigenvalue weighted by atomic mass is 16.4. The Labute approximate surface area is 108 Å². The van der Waals surface area contributed by atoms with Crippen LogP contribution in [0.1, 0.15) is 10.4 Å². The Bertz CT molecular complexity index is 700. The number of hydrogen-bond donors (Lipinski definition) is 1. The van der Waals surface area contributed by atoms with Gasteiger partial charge in [0.05, 0.1) is 18.1 Å². The fourth-order valence-corrected chi connectivity index (χ4v) is 1.92. The molecule has 3 rings (SSSR count). The fourth-order valence-electron chi connectivity index (χ4n) is 1.92. The maximum Gasteiger partial charge on any atom is 0.339 e. The topological polar surface area (TPSA) is 68.3 Å². The number of aromatic carboxylic acids is 1. The van der Waals surface area contributed by atoms with Gasteiger partial charge in [0.15, 0.2) is 5.76 Å². The van der Waals surface area contributed by atoms with Crippen LogP contribution >= 0.6 is 0 Å². The second-order valence-corrected chi connectivity index (χ2v) is 3.94. The van der Waals surface area contributed by atoms with Gasteiger partial charge in [-0.1, -0.05) is 18.2 Å². The van der Waals surface area contributed by atoms with Crippen molar-refractivity contribution in [2.24, 2.45) is 0 Å². The number of carboxylic acid groups (broad SMARTS) is 1. The van der Waals surface area contributed by atoms with Gasteiger partial charge in [0.25, 0.3) is 0 Å². The summed E-state index contributed by atoms with van der Waals surface area (Å²) in [6.45, 7) is 0. The smallest absolute Gasteiger partial charge is 0.339 e. The van der Waals surface area contributed by atoms with E-state index in [9.17, 15) is 9.90 Å². The minimum Gasteiger partial charge on any atom is -0.478 e. The monoisotopic (exact) mass is 254 g/mol. The number of furan rings is 1. The number of rotatable bonds is 3. The lowest BCUT2D eigenvalue weighted by atomic mass is 10.2. The molecule has 1 aromatic carbocycles. The summed E-state index contributed by atoms with van der Waals surface area (Å²) in [7, 11) is 0. The minimum absolute atomic E-state index is 0.110. The van der Waals surface area contributed by atoms with Crippen LogP contribution < -0.4 is 0 Å². The van der Waals surface area contributed by atoms with Crippen molar-refractivity contribution in [1.29, 1.82) is 0 Å². The van der Waals surface area contributed by atoms with E-state index in [1.165, 1.54) is 12.5 Å². The van der Waals surface area contributed by atoms with Gasteiger partial charge in [-0.05, 0) is 24.3 Å². The lowest BCUT2D eigenvalue weighted by Crippen LogP contribution is -2.02. The van der Waals surface area contributed by atoms with Gasteiger partial charge in [0, 0.05) is 0 Å². The first-order valence-corrected chi connectivity index (χ1v) is 5.68. The molecule has 0 amide bonds. The number of aromatic nitrogens is 2. The molecule has 2 heterocycles. The Morgan fingerprint density at radius 3 is 2.58 bits per heavy atom. The first kappa shape index (κ1) is 11.3. The van der Waals surface area contributed by atoms with E-state index in [0.717, 1.165) is 5.69 Å². The van der Waals surface area contributed by atoms with Crippen LogP contribution in [-0.2, 0) is 0 Å². The molecule has 19 heavy (non-hydrogen) atoms. The molecule has 0 unspecified atom stereocenters. The van der Waals surface area contributed by atoms with E-state index in [0.29, 0.717) is 11.5 Å². The van der Waals surface area contributed by atoms with Gasteiger partial charge in [-0.15, -0.1) is 0 Å². The number of para-hydroxylation sites is 1. The van der Waals surface area contributed by atoms with E-state index in [4.69, 9.17) is 4.42 Å². The first-order valence-electron chi connectivity index (χ1n) is 5.68. The molecule has 0 saturated carbocycles. The number of carboxylic acids is 1. The van der Waals surface area contributed by atoms with Gasteiger partial charge >= 0.3 is 5.97 Å². The van der Waals surface area contributed by atoms with Gasteiger partial charge < -0.3 is 9.52 Å². The van der Waals surface area contributed by atoms with Crippen molar-refractivity contribution >= 4 is 5.97 Å². The Kier molecular flexibility index (Phi) is 2.64. The van der Waals surface area contributed by atoms with Crippen molar-refractivity contribution in [3.8, 4) is 17.1 Å². The normalized spacial score (nSPS) is 10.5. The molecule has 0 atom stereocenters. The van der Waals surface area contributed by atoms with Crippen molar-refractivity contribution in [2.75, 3.05) is 0 Å². The fraction of sp³-hybridized carbons (Fsp3) is 0. The lowest BCUT2D eigenvalue weighted by Gasteiger charge is -2.06. The second kappa shape index (κ2) is 4.45. The highest BCUT2D eigenvalue weighted by Gasteiger charge is 2.21. The summed E-state index contributed by atoms with van der Waals surface area (Å²) in [6.07, 6.45) is 2.83. The molecule has 5 nitrogen and oxygen atoms in total. The number of nitrogens with zero attached hydrogens (tertiary/aromatic N) is 2. The van der Waals surface area contributed by atoms with Crippen molar-refractivity contribution in [3.63, 3.8) is 0 Å². The van der Waals surface area contributed by atoms with Crippen LogP contribution in [0.3, 0.4) is 0 Å². The quantitative estimate of drug-likeness (QED) is 0.780. The van der Waals surface area contributed by atoms with Crippen LogP contribution in [0.4, 0.5) is 0 Å². The molecule has 2 aromatic heterocycles. The van der Waals surface area contributed by atoms with E-state index < -0.39 is 5.97 Å². The van der Waals surface area contributed by atoms with E-state index in [1.807, 2.05) is 30.3 Å². The largest absolute Gasteiger partial charge is 0.478 e. The van der Waals surface area contributed by atoms with Crippen molar-refractivity contribution in [2.45, 2.75) is 0 Å². The molecule has 0 fully saturated rings. The molecule has 0 aliphatic carbocycles. The maximum absolute atomic E-state index is 11.3. The zero-order chi connectivity index (χ0) is 13.2. The maximum atomic E-state index is 11.3. The Morgan fingerprint density at radius 2 is 1.95 bits per heavy atom. The first-order chi connectivity index (χ1) is 9.27. The Hall–Kier alpha value is -2.82. The van der Waals surface area contributed by atoms with Crippen LogP contribution in [0.25, 0.3) is 17.1 Å². The van der Waals surface area contributed by atoms with Gasteiger partial charge in [-0.25, -0.2) is 9.48 Å². The van der Waals surface area contributed by atoms with E-state index in [1.54, 1.807) is 16.8 Å². The van der Waals surface area contributed by atoms with Crippen LogP contribution in [0.2, 0.25) is 0 Å². The lowest BCUT2D eigenvalue weighted by molar-refractivity contribution is 0.0697. The number of hydrogen-bond acceptors (Lipinski definition) is 3. The van der Waals surface area contributed by atoms with Crippen LogP contribution in [0.5, 0.6) is 0 Å². The van der Waals surface area contributed by atoms with Crippen molar-refractivity contribution in [1.82, 2.24) is 9.78 Å². The summed E-state index contributed by atoms with van der Waals surface area (Å²) in [6, 6.07) is 12.7. The molecule has 0 radical (unpaired) electrons. The van der Waals surface area contributed by atoms with Gasteiger partial charge in [0.1, 0.15) is 11.3 Å². The zero-order valence-corrected chi connectivity index (χ0v) is 9.85. The number of benzene rings is 1. The predicted octanol–water partition coefficient (Wildman–Crippen LogP) is 2.83. The molecule has 0 bridgehead atoms. The molecule has 5 heteroatoms. The molecule has 0 saturated heterocycles. The second-order valence-electron chi connectivity index (χ2n) is 3.94. The standard InChI is InChI=1S/C14H10N2O3/c17-14(18)11-9-15-16(10-5-2-1-3-6-10)13(11)12-7-4-8-19-12/h1-9H,(H,17,18). The van der Waals surface area contributed by atoms with E-state index >= 15 is 0 Å². The third kappa shape index (κ3) is 1.91. The summed E-state index contributed by atoms with van der Waals surface area (Å²) in [5.41, 5.74) is 1.32. The van der Waals surface area contributed by atoms with Crippen LogP contribution in [-0.4, -0.2) is 20.9 Å². The molecular formula is C14H10N2O3. The van der Waals surface area contributed by atoms with E-state index in [-0.39, 0.29) is 5.56 Å².